The van der Waals surface area contributed by atoms with Crippen LogP contribution in [-0.2, 0) is 9.53 Å². The maximum Gasteiger partial charge on any atom is 0.325 e. The van der Waals surface area contributed by atoms with Crippen molar-refractivity contribution in [1.82, 2.24) is 5.32 Å². The lowest BCUT2D eigenvalue weighted by atomic mass is 10.0. The quantitative estimate of drug-likeness (QED) is 0.857. The van der Waals surface area contributed by atoms with Crippen LogP contribution in [-0.4, -0.2) is 18.6 Å². The first-order valence-electron chi connectivity index (χ1n) is 5.59. The number of benzene rings is 1. The van der Waals surface area contributed by atoms with E-state index >= 15 is 0 Å². The molecule has 3 nitrogen and oxygen atoms in total. The lowest BCUT2D eigenvalue weighted by Gasteiger charge is -2.27. The van der Waals surface area contributed by atoms with Gasteiger partial charge in [0.15, 0.2) is 0 Å². The van der Waals surface area contributed by atoms with E-state index in [1.807, 2.05) is 6.92 Å². The van der Waals surface area contributed by atoms with Crippen molar-refractivity contribution >= 4 is 17.6 Å². The van der Waals surface area contributed by atoms with Crippen LogP contribution in [0.4, 0.5) is 4.39 Å². The van der Waals surface area contributed by atoms with E-state index in [0.717, 1.165) is 0 Å². The summed E-state index contributed by atoms with van der Waals surface area (Å²) in [6.45, 7) is 5.26. The van der Waals surface area contributed by atoms with E-state index in [1.165, 1.54) is 19.2 Å². The molecule has 1 aromatic rings. The Labute approximate surface area is 111 Å². The van der Waals surface area contributed by atoms with Gasteiger partial charge in [-0.15, -0.1) is 0 Å². The molecule has 0 amide bonds. The van der Waals surface area contributed by atoms with Crippen LogP contribution < -0.4 is 5.32 Å². The second-order valence-electron chi connectivity index (χ2n) is 4.66. The lowest BCUT2D eigenvalue weighted by Crippen LogP contribution is -2.48. The van der Waals surface area contributed by atoms with Crippen LogP contribution in [0.15, 0.2) is 18.2 Å². The zero-order valence-corrected chi connectivity index (χ0v) is 11.6. The van der Waals surface area contributed by atoms with Crippen LogP contribution in [0.5, 0.6) is 0 Å². The molecule has 0 aliphatic carbocycles. The highest BCUT2D eigenvalue weighted by atomic mass is 35.5. The molecule has 0 radical (unpaired) electrons. The van der Waals surface area contributed by atoms with Crippen molar-refractivity contribution in [3.05, 3.63) is 34.6 Å². The molecule has 0 fully saturated rings. The van der Waals surface area contributed by atoms with E-state index in [-0.39, 0.29) is 17.0 Å². The molecule has 1 atom stereocenters. The van der Waals surface area contributed by atoms with E-state index < -0.39 is 11.4 Å². The molecule has 0 bridgehead atoms. The average molecular weight is 274 g/mol. The second-order valence-corrected chi connectivity index (χ2v) is 5.06. The fourth-order valence-electron chi connectivity index (χ4n) is 1.72. The number of esters is 1. The van der Waals surface area contributed by atoms with Crippen molar-refractivity contribution in [3.8, 4) is 0 Å². The van der Waals surface area contributed by atoms with Crippen LogP contribution in [0, 0.1) is 5.82 Å². The number of nitrogens with one attached hydrogen (secondary N) is 1. The molecular weight excluding hydrogens is 257 g/mol. The molecule has 0 aliphatic heterocycles. The number of ether oxygens (including phenoxy) is 1. The second kappa shape index (κ2) is 5.67. The van der Waals surface area contributed by atoms with Gasteiger partial charge >= 0.3 is 5.97 Å². The summed E-state index contributed by atoms with van der Waals surface area (Å²) in [6.07, 6.45) is 0. The first-order valence-corrected chi connectivity index (χ1v) is 5.97. The average Bonchev–Trinajstić information content (AvgIpc) is 2.30. The third kappa shape index (κ3) is 3.43. The van der Waals surface area contributed by atoms with Crippen LogP contribution in [0.2, 0.25) is 5.02 Å². The van der Waals surface area contributed by atoms with Gasteiger partial charge in [-0.2, -0.15) is 0 Å². The first kappa shape index (κ1) is 14.9. The third-order valence-electron chi connectivity index (χ3n) is 2.72. The molecule has 0 saturated carbocycles. The molecule has 0 heterocycles. The summed E-state index contributed by atoms with van der Waals surface area (Å²) in [5, 5.41) is 3.17. The maximum absolute atomic E-state index is 13.3. The number of halogens is 2. The Kier molecular flexibility index (Phi) is 4.71. The van der Waals surface area contributed by atoms with Crippen molar-refractivity contribution in [2.24, 2.45) is 0 Å². The standard InChI is InChI=1S/C13H17ClFNO2/c1-8(16-13(2,3)12(17)18-4)9-5-6-10(14)11(15)7-9/h5-8,16H,1-4H3. The predicted octanol–water partition coefficient (Wildman–Crippen LogP) is 3.08. The van der Waals surface area contributed by atoms with E-state index in [9.17, 15) is 9.18 Å². The van der Waals surface area contributed by atoms with Gasteiger partial charge in [0.05, 0.1) is 12.1 Å². The summed E-state index contributed by atoms with van der Waals surface area (Å²) in [7, 11) is 1.33. The van der Waals surface area contributed by atoms with Gasteiger partial charge in [-0.1, -0.05) is 17.7 Å². The van der Waals surface area contributed by atoms with E-state index in [4.69, 9.17) is 16.3 Å². The van der Waals surface area contributed by atoms with E-state index in [1.54, 1.807) is 19.9 Å². The van der Waals surface area contributed by atoms with Crippen LogP contribution in [0.25, 0.3) is 0 Å². The Morgan fingerprint density at radius 3 is 2.61 bits per heavy atom. The minimum atomic E-state index is -0.843. The monoisotopic (exact) mass is 273 g/mol. The largest absolute Gasteiger partial charge is 0.468 e. The highest BCUT2D eigenvalue weighted by Crippen LogP contribution is 2.22. The normalized spacial score (nSPS) is 13.2. The summed E-state index contributed by atoms with van der Waals surface area (Å²) in [6, 6.07) is 4.37. The zero-order valence-electron chi connectivity index (χ0n) is 10.9. The summed E-state index contributed by atoms with van der Waals surface area (Å²) in [5.41, 5.74) is -0.126. The van der Waals surface area contributed by atoms with Crippen molar-refractivity contribution in [2.75, 3.05) is 7.11 Å². The fraction of sp³-hybridized carbons (Fsp3) is 0.462. The molecule has 5 heteroatoms. The van der Waals surface area contributed by atoms with Crippen LogP contribution in [0.3, 0.4) is 0 Å². The van der Waals surface area contributed by atoms with Gasteiger partial charge in [0.25, 0.3) is 0 Å². The van der Waals surface area contributed by atoms with Crippen LogP contribution in [0.1, 0.15) is 32.4 Å². The van der Waals surface area contributed by atoms with Gasteiger partial charge in [0.1, 0.15) is 11.4 Å². The molecule has 1 aromatic carbocycles. The minimum absolute atomic E-state index is 0.0816. The van der Waals surface area contributed by atoms with Crippen LogP contribution >= 0.6 is 11.6 Å². The van der Waals surface area contributed by atoms with Crippen molar-refractivity contribution in [3.63, 3.8) is 0 Å². The van der Waals surface area contributed by atoms with E-state index in [0.29, 0.717) is 5.56 Å². The van der Waals surface area contributed by atoms with Crippen molar-refractivity contribution in [1.29, 1.82) is 0 Å². The topological polar surface area (TPSA) is 38.3 Å². The zero-order chi connectivity index (χ0) is 13.9. The van der Waals surface area contributed by atoms with Gasteiger partial charge in [0, 0.05) is 6.04 Å². The molecule has 0 aromatic heterocycles. The summed E-state index contributed by atoms with van der Waals surface area (Å²) in [5.74, 6) is -0.845. The molecule has 0 spiro atoms. The number of carbonyl (C=O) groups excluding carboxylic acids is 1. The lowest BCUT2D eigenvalue weighted by molar-refractivity contribution is -0.147. The van der Waals surface area contributed by atoms with Crippen molar-refractivity contribution < 1.29 is 13.9 Å². The van der Waals surface area contributed by atoms with Gasteiger partial charge in [-0.25, -0.2) is 4.39 Å². The van der Waals surface area contributed by atoms with Gasteiger partial charge in [-0.3, -0.25) is 10.1 Å². The first-order chi connectivity index (χ1) is 8.27. The molecule has 0 saturated heterocycles. The predicted molar refractivity (Wildman–Crippen MR) is 69.1 cm³/mol. The Bertz CT molecular complexity index is 449. The maximum atomic E-state index is 13.3. The Morgan fingerprint density at radius 1 is 1.50 bits per heavy atom. The van der Waals surface area contributed by atoms with Gasteiger partial charge < -0.3 is 4.74 Å². The minimum Gasteiger partial charge on any atom is -0.468 e. The summed E-state index contributed by atoms with van der Waals surface area (Å²) >= 11 is 5.62. The summed E-state index contributed by atoms with van der Waals surface area (Å²) < 4.78 is 18.0. The summed E-state index contributed by atoms with van der Waals surface area (Å²) in [4.78, 5) is 11.5. The molecule has 1 N–H and O–H groups in total. The molecule has 0 aliphatic rings. The molecule has 1 rings (SSSR count). The Hall–Kier alpha value is -1.13. The van der Waals surface area contributed by atoms with Gasteiger partial charge in [-0.05, 0) is 38.5 Å². The molecular formula is C13H17ClFNO2. The number of hydrogen-bond acceptors (Lipinski definition) is 3. The Morgan fingerprint density at radius 2 is 2.11 bits per heavy atom. The Balaban J connectivity index is 2.85. The number of methoxy groups -OCH3 is 1. The van der Waals surface area contributed by atoms with Gasteiger partial charge in [0.2, 0.25) is 0 Å². The number of hydrogen-bond donors (Lipinski definition) is 1. The fourth-order valence-corrected chi connectivity index (χ4v) is 1.84. The molecule has 1 unspecified atom stereocenters. The number of rotatable bonds is 4. The highest BCUT2D eigenvalue weighted by Gasteiger charge is 2.30. The third-order valence-corrected chi connectivity index (χ3v) is 3.02. The van der Waals surface area contributed by atoms with Crippen molar-refractivity contribution in [2.45, 2.75) is 32.4 Å². The number of carbonyl (C=O) groups is 1. The van der Waals surface area contributed by atoms with E-state index in [2.05, 4.69) is 5.32 Å². The SMILES string of the molecule is COC(=O)C(C)(C)NC(C)c1ccc(Cl)c(F)c1. The smallest absolute Gasteiger partial charge is 0.325 e. The molecule has 18 heavy (non-hydrogen) atoms. The highest BCUT2D eigenvalue weighted by molar-refractivity contribution is 6.30. The molecule has 100 valence electrons.